The Labute approximate surface area is 69.6 Å². The Morgan fingerprint density at radius 1 is 1.42 bits per heavy atom. The molecule has 2 rings (SSSR count). The number of anilines is 1. The molecule has 0 amide bonds. The van der Waals surface area contributed by atoms with E-state index in [1.807, 2.05) is 6.07 Å². The van der Waals surface area contributed by atoms with E-state index in [1.54, 1.807) is 17.3 Å². The van der Waals surface area contributed by atoms with Crippen LogP contribution in [0.3, 0.4) is 0 Å². The van der Waals surface area contributed by atoms with Crippen molar-refractivity contribution in [1.29, 1.82) is 0 Å². The highest BCUT2D eigenvalue weighted by Gasteiger charge is 2.07. The van der Waals surface area contributed by atoms with Crippen molar-refractivity contribution < 1.29 is 9.94 Å². The van der Waals surface area contributed by atoms with E-state index in [9.17, 15) is 5.11 Å². The topological polar surface area (TPSA) is 44.4 Å². The van der Waals surface area contributed by atoms with Gasteiger partial charge in [-0.15, -0.1) is 0 Å². The van der Waals surface area contributed by atoms with E-state index in [0.29, 0.717) is 0 Å². The molecule has 1 radical (unpaired) electrons. The van der Waals surface area contributed by atoms with Gasteiger partial charge in [-0.2, -0.15) is 0 Å². The first-order valence-corrected chi connectivity index (χ1v) is 3.50. The van der Waals surface area contributed by atoms with Gasteiger partial charge in [0.2, 0.25) is 0 Å². The van der Waals surface area contributed by atoms with Gasteiger partial charge in [0.05, 0.1) is 11.9 Å². The number of nitrogens with zero attached hydrogens (tertiary/aromatic N) is 1. The second-order valence-electron chi connectivity index (χ2n) is 2.36. The van der Waals surface area contributed by atoms with Gasteiger partial charge in [-0.1, -0.05) is 11.7 Å². The van der Waals surface area contributed by atoms with Gasteiger partial charge in [-0.25, -0.2) is 5.01 Å². The summed E-state index contributed by atoms with van der Waals surface area (Å²) in [6, 6.07) is 6.54. The standard InChI is InChI=1S/C8H7N2O2/c11-8-3-1-2-7(6-8)10-4-5-12-9-10/h1-6,9H. The molecular weight excluding hydrogens is 156 g/mol. The van der Waals surface area contributed by atoms with Gasteiger partial charge in [0.15, 0.2) is 5.75 Å². The number of hydrazine groups is 1. The molecule has 0 aliphatic carbocycles. The monoisotopic (exact) mass is 163 g/mol. The van der Waals surface area contributed by atoms with Crippen LogP contribution in [0.25, 0.3) is 0 Å². The van der Waals surface area contributed by atoms with Gasteiger partial charge in [-0.05, 0) is 12.1 Å². The van der Waals surface area contributed by atoms with Crippen molar-refractivity contribution in [2.24, 2.45) is 0 Å². The summed E-state index contributed by atoms with van der Waals surface area (Å²) >= 11 is 0. The second kappa shape index (κ2) is 2.75. The van der Waals surface area contributed by atoms with Gasteiger partial charge in [0.1, 0.15) is 6.26 Å². The van der Waals surface area contributed by atoms with Crippen molar-refractivity contribution in [2.75, 3.05) is 5.01 Å². The molecule has 0 spiro atoms. The molecule has 1 heterocycles. The maximum absolute atomic E-state index is 10.9. The molecule has 0 saturated heterocycles. The molecule has 4 heteroatoms. The summed E-state index contributed by atoms with van der Waals surface area (Å²) in [6.45, 7) is 0. The molecule has 1 N–H and O–H groups in total. The Hall–Kier alpha value is -1.68. The van der Waals surface area contributed by atoms with Gasteiger partial charge in [0, 0.05) is 6.07 Å². The average molecular weight is 163 g/mol. The van der Waals surface area contributed by atoms with E-state index in [-0.39, 0.29) is 5.75 Å². The Balaban J connectivity index is 2.27. The molecule has 61 valence electrons. The fourth-order valence-electron chi connectivity index (χ4n) is 0.981. The molecule has 0 saturated carbocycles. The van der Waals surface area contributed by atoms with E-state index in [1.165, 1.54) is 18.4 Å². The highest BCUT2D eigenvalue weighted by atomic mass is 16.7. The number of hydrogen-bond donors (Lipinski definition) is 1. The minimum Gasteiger partial charge on any atom is -0.395 e. The maximum Gasteiger partial charge on any atom is 0.180 e. The summed E-state index contributed by atoms with van der Waals surface area (Å²) < 4.78 is 0. The third-order valence-electron chi connectivity index (χ3n) is 1.52. The number of benzene rings is 1. The summed E-state index contributed by atoms with van der Waals surface area (Å²) in [5.74, 6) is -0.0189. The van der Waals surface area contributed by atoms with Crippen molar-refractivity contribution in [2.45, 2.75) is 0 Å². The van der Waals surface area contributed by atoms with Crippen molar-refractivity contribution in [3.8, 4) is 5.75 Å². The molecule has 4 nitrogen and oxygen atoms in total. The summed E-state index contributed by atoms with van der Waals surface area (Å²) in [5, 5.41) is 12.5. The number of nitrogens with one attached hydrogen (secondary N) is 1. The molecule has 0 bridgehead atoms. The number of hydrogen-bond acceptors (Lipinski definition) is 3. The second-order valence-corrected chi connectivity index (χ2v) is 2.36. The molecule has 12 heavy (non-hydrogen) atoms. The third-order valence-corrected chi connectivity index (χ3v) is 1.52. The quantitative estimate of drug-likeness (QED) is 0.683. The first kappa shape index (κ1) is 7.00. The molecule has 0 fully saturated rings. The Kier molecular flexibility index (Phi) is 1.60. The van der Waals surface area contributed by atoms with Crippen LogP contribution in [0.5, 0.6) is 5.75 Å². The zero-order chi connectivity index (χ0) is 8.39. The summed E-state index contributed by atoms with van der Waals surface area (Å²) in [4.78, 5) is 4.74. The maximum atomic E-state index is 10.9. The first-order chi connectivity index (χ1) is 5.86. The minimum absolute atomic E-state index is 0.0189. The predicted octanol–water partition coefficient (Wildman–Crippen LogP) is 1.56. The third kappa shape index (κ3) is 1.19. The molecule has 1 aliphatic rings. The van der Waals surface area contributed by atoms with Crippen LogP contribution < -0.4 is 10.6 Å². The highest BCUT2D eigenvalue weighted by molar-refractivity contribution is 5.51. The first-order valence-electron chi connectivity index (χ1n) is 3.50. The van der Waals surface area contributed by atoms with Crippen molar-refractivity contribution in [3.05, 3.63) is 36.7 Å². The van der Waals surface area contributed by atoms with Crippen LogP contribution in [0.4, 0.5) is 5.69 Å². The molecule has 0 atom stereocenters. The Morgan fingerprint density at radius 3 is 3.00 bits per heavy atom. The minimum atomic E-state index is -0.0189. The highest BCUT2D eigenvalue weighted by Crippen LogP contribution is 2.20. The predicted molar refractivity (Wildman–Crippen MR) is 42.4 cm³/mol. The lowest BCUT2D eigenvalue weighted by Gasteiger charge is -2.12. The van der Waals surface area contributed by atoms with Crippen LogP contribution in [0, 0.1) is 0 Å². The van der Waals surface area contributed by atoms with E-state index >= 15 is 0 Å². The summed E-state index contributed by atoms with van der Waals surface area (Å²) in [5.41, 5.74) is 3.34. The van der Waals surface area contributed by atoms with Crippen LogP contribution in [0.1, 0.15) is 0 Å². The summed E-state index contributed by atoms with van der Waals surface area (Å²) in [6.07, 6.45) is 3.19. The van der Waals surface area contributed by atoms with Crippen LogP contribution in [-0.4, -0.2) is 0 Å². The van der Waals surface area contributed by atoms with Gasteiger partial charge >= 0.3 is 0 Å². The lowest BCUT2D eigenvalue weighted by Crippen LogP contribution is -2.26. The number of rotatable bonds is 1. The van der Waals surface area contributed by atoms with Gasteiger partial charge < -0.3 is 4.84 Å². The smallest absolute Gasteiger partial charge is 0.180 e. The zero-order valence-electron chi connectivity index (χ0n) is 6.23. The van der Waals surface area contributed by atoms with Crippen LogP contribution >= 0.6 is 0 Å². The van der Waals surface area contributed by atoms with Gasteiger partial charge in [0.25, 0.3) is 0 Å². The fraction of sp³-hybridized carbons (Fsp3) is 0. The summed E-state index contributed by atoms with van der Waals surface area (Å²) in [7, 11) is 0. The molecule has 0 aromatic heterocycles. The zero-order valence-corrected chi connectivity index (χ0v) is 6.23. The van der Waals surface area contributed by atoms with E-state index in [0.717, 1.165) is 5.69 Å². The average Bonchev–Trinajstić information content (AvgIpc) is 2.56. The SMILES string of the molecule is [O]c1cccc(N2C=CON2)c1. The Morgan fingerprint density at radius 2 is 2.33 bits per heavy atom. The van der Waals surface area contributed by atoms with E-state index < -0.39 is 0 Å². The lowest BCUT2D eigenvalue weighted by atomic mass is 10.3. The fourth-order valence-corrected chi connectivity index (χ4v) is 0.981. The van der Waals surface area contributed by atoms with Crippen molar-refractivity contribution in [3.63, 3.8) is 0 Å². The van der Waals surface area contributed by atoms with Crippen LogP contribution in [0.15, 0.2) is 36.7 Å². The van der Waals surface area contributed by atoms with Crippen molar-refractivity contribution >= 4 is 5.69 Å². The normalized spacial score (nSPS) is 14.8. The van der Waals surface area contributed by atoms with Crippen LogP contribution in [-0.2, 0) is 9.94 Å². The largest absolute Gasteiger partial charge is 0.395 e. The molecule has 1 aromatic carbocycles. The van der Waals surface area contributed by atoms with Gasteiger partial charge in [-0.3, -0.25) is 5.11 Å². The molecule has 1 aliphatic heterocycles. The molecule has 0 unspecified atom stereocenters. The van der Waals surface area contributed by atoms with E-state index in [2.05, 4.69) is 5.59 Å². The molecular formula is C8H7N2O2. The Bertz CT molecular complexity index is 312. The van der Waals surface area contributed by atoms with Crippen molar-refractivity contribution in [1.82, 2.24) is 5.59 Å². The van der Waals surface area contributed by atoms with E-state index in [4.69, 9.17) is 4.84 Å². The lowest BCUT2D eigenvalue weighted by molar-refractivity contribution is 0.159. The molecule has 1 aromatic rings. The van der Waals surface area contributed by atoms with Crippen LogP contribution in [0.2, 0.25) is 0 Å².